The number of hydrogen-bond acceptors (Lipinski definition) is 4. The van der Waals surface area contributed by atoms with Gasteiger partial charge in [-0.2, -0.15) is 0 Å². The molecule has 0 bridgehead atoms. The second kappa shape index (κ2) is 7.98. The van der Waals surface area contributed by atoms with Gasteiger partial charge in [0.25, 0.3) is 0 Å². The number of carbonyl (C=O) groups is 2. The molecule has 4 nitrogen and oxygen atoms in total. The van der Waals surface area contributed by atoms with Crippen LogP contribution in [0.1, 0.15) is 22.9 Å². The standard InChI is InChI=1S/C21H18N2O2S2/c24-19(13-18-21(25)22-15-9-4-5-10-16(15)27-18)23-20(17-11-6-12-26-17)14-7-2-1-3-8-14/h1-12,18,20H,13H2,(H,22,25)(H,23,24)/t18-,20-/m0/s1. The average molecular weight is 395 g/mol. The number of benzene rings is 2. The van der Waals surface area contributed by atoms with Crippen molar-refractivity contribution < 1.29 is 9.59 Å². The van der Waals surface area contributed by atoms with Crippen LogP contribution in [0.2, 0.25) is 0 Å². The van der Waals surface area contributed by atoms with Crippen molar-refractivity contribution in [3.63, 3.8) is 0 Å². The van der Waals surface area contributed by atoms with Gasteiger partial charge in [0.15, 0.2) is 0 Å². The zero-order valence-electron chi connectivity index (χ0n) is 14.4. The SMILES string of the molecule is O=C(C[C@@H]1Sc2ccccc2NC1=O)N[C@@H](c1ccccc1)c1cccs1. The molecule has 1 aliphatic rings. The van der Waals surface area contributed by atoms with E-state index >= 15 is 0 Å². The highest BCUT2D eigenvalue weighted by molar-refractivity contribution is 8.01. The lowest BCUT2D eigenvalue weighted by Gasteiger charge is -2.24. The zero-order valence-corrected chi connectivity index (χ0v) is 16.1. The van der Waals surface area contributed by atoms with Gasteiger partial charge in [0, 0.05) is 16.2 Å². The van der Waals surface area contributed by atoms with E-state index in [9.17, 15) is 9.59 Å². The van der Waals surface area contributed by atoms with Crippen LogP contribution in [-0.2, 0) is 9.59 Å². The van der Waals surface area contributed by atoms with Gasteiger partial charge in [0.05, 0.1) is 17.0 Å². The van der Waals surface area contributed by atoms with Gasteiger partial charge in [0.1, 0.15) is 0 Å². The number of nitrogens with one attached hydrogen (secondary N) is 2. The van der Waals surface area contributed by atoms with E-state index in [4.69, 9.17) is 0 Å². The lowest BCUT2D eigenvalue weighted by Crippen LogP contribution is -2.36. The van der Waals surface area contributed by atoms with Crippen molar-refractivity contribution in [3.05, 3.63) is 82.6 Å². The molecular weight excluding hydrogens is 376 g/mol. The molecule has 2 aromatic carbocycles. The molecule has 0 fully saturated rings. The third-order valence-corrected chi connectivity index (χ3v) is 6.56. The topological polar surface area (TPSA) is 58.2 Å². The molecule has 0 unspecified atom stereocenters. The van der Waals surface area contributed by atoms with Gasteiger partial charge in [-0.3, -0.25) is 9.59 Å². The first-order valence-corrected chi connectivity index (χ1v) is 10.4. The molecule has 2 atom stereocenters. The molecule has 4 rings (SSSR count). The summed E-state index contributed by atoms with van der Waals surface area (Å²) in [5, 5.41) is 7.56. The quantitative estimate of drug-likeness (QED) is 0.672. The normalized spacial score (nSPS) is 16.9. The van der Waals surface area contributed by atoms with Crippen molar-refractivity contribution >= 4 is 40.6 Å². The maximum atomic E-state index is 12.7. The Bertz CT molecular complexity index is 942. The molecule has 0 saturated heterocycles. The van der Waals surface area contributed by atoms with Crippen LogP contribution in [0.4, 0.5) is 5.69 Å². The largest absolute Gasteiger partial charge is 0.344 e. The van der Waals surface area contributed by atoms with E-state index in [1.54, 1.807) is 11.3 Å². The molecule has 0 aliphatic carbocycles. The Morgan fingerprint density at radius 2 is 1.81 bits per heavy atom. The highest BCUT2D eigenvalue weighted by Crippen LogP contribution is 2.36. The second-order valence-electron chi connectivity index (χ2n) is 6.22. The number of rotatable bonds is 5. The molecule has 136 valence electrons. The van der Waals surface area contributed by atoms with E-state index in [0.29, 0.717) is 0 Å². The van der Waals surface area contributed by atoms with Crippen molar-refractivity contribution in [2.45, 2.75) is 22.6 Å². The number of para-hydroxylation sites is 1. The first-order valence-electron chi connectivity index (χ1n) is 8.65. The average Bonchev–Trinajstić information content (AvgIpc) is 3.22. The molecule has 1 aromatic heterocycles. The second-order valence-corrected chi connectivity index (χ2v) is 8.45. The molecule has 2 N–H and O–H groups in total. The van der Waals surface area contributed by atoms with Gasteiger partial charge < -0.3 is 10.6 Å². The highest BCUT2D eigenvalue weighted by Gasteiger charge is 2.29. The molecule has 3 aromatic rings. The van der Waals surface area contributed by atoms with Crippen LogP contribution in [0.25, 0.3) is 0 Å². The predicted octanol–water partition coefficient (Wildman–Crippen LogP) is 4.46. The molecule has 0 saturated carbocycles. The number of amides is 2. The van der Waals surface area contributed by atoms with Crippen molar-refractivity contribution in [1.29, 1.82) is 0 Å². The Morgan fingerprint density at radius 3 is 2.59 bits per heavy atom. The van der Waals surface area contributed by atoms with E-state index in [1.807, 2.05) is 72.1 Å². The summed E-state index contributed by atoms with van der Waals surface area (Å²) in [4.78, 5) is 27.2. The number of hydrogen-bond donors (Lipinski definition) is 2. The van der Waals surface area contributed by atoms with Gasteiger partial charge in [-0.25, -0.2) is 0 Å². The van der Waals surface area contributed by atoms with Gasteiger partial charge in [0.2, 0.25) is 11.8 Å². The molecule has 0 spiro atoms. The summed E-state index contributed by atoms with van der Waals surface area (Å²) in [5.41, 5.74) is 1.84. The third-order valence-electron chi connectivity index (χ3n) is 4.34. The van der Waals surface area contributed by atoms with Crippen LogP contribution in [0.5, 0.6) is 0 Å². The van der Waals surface area contributed by atoms with E-state index in [1.165, 1.54) is 11.8 Å². The van der Waals surface area contributed by atoms with Gasteiger partial charge >= 0.3 is 0 Å². The summed E-state index contributed by atoms with van der Waals surface area (Å²) in [6.45, 7) is 0. The molecule has 27 heavy (non-hydrogen) atoms. The minimum Gasteiger partial charge on any atom is -0.344 e. The Balaban J connectivity index is 1.48. The van der Waals surface area contributed by atoms with Crippen molar-refractivity contribution in [2.24, 2.45) is 0 Å². The Labute approximate surface area is 166 Å². The summed E-state index contributed by atoms with van der Waals surface area (Å²) in [6, 6.07) is 21.3. The Hall–Kier alpha value is -2.57. The predicted molar refractivity (Wildman–Crippen MR) is 110 cm³/mol. The lowest BCUT2D eigenvalue weighted by atomic mass is 10.0. The fraction of sp³-hybridized carbons (Fsp3) is 0.143. The van der Waals surface area contributed by atoms with Crippen molar-refractivity contribution in [3.8, 4) is 0 Å². The Morgan fingerprint density at radius 1 is 1.04 bits per heavy atom. The van der Waals surface area contributed by atoms with Gasteiger partial charge in [-0.15, -0.1) is 23.1 Å². The first-order chi connectivity index (χ1) is 13.2. The van der Waals surface area contributed by atoms with E-state index in [-0.39, 0.29) is 24.3 Å². The zero-order chi connectivity index (χ0) is 18.6. The first kappa shape index (κ1) is 17.8. The van der Waals surface area contributed by atoms with Crippen molar-refractivity contribution in [1.82, 2.24) is 5.32 Å². The smallest absolute Gasteiger partial charge is 0.238 e. The number of anilines is 1. The summed E-state index contributed by atoms with van der Waals surface area (Å²) in [6.07, 6.45) is 0.138. The Kier molecular flexibility index (Phi) is 5.27. The van der Waals surface area contributed by atoms with Gasteiger partial charge in [-0.1, -0.05) is 48.5 Å². The van der Waals surface area contributed by atoms with Crippen molar-refractivity contribution in [2.75, 3.05) is 5.32 Å². The molecule has 0 radical (unpaired) electrons. The number of thiophene rings is 1. The summed E-state index contributed by atoms with van der Waals surface area (Å²) in [5.74, 6) is -0.259. The fourth-order valence-corrected chi connectivity index (χ4v) is 4.95. The lowest BCUT2D eigenvalue weighted by molar-refractivity contribution is -0.124. The molecular formula is C21H18N2O2S2. The van der Waals surface area contributed by atoms with E-state index in [2.05, 4.69) is 10.6 Å². The van der Waals surface area contributed by atoms with Crippen LogP contribution in [0.3, 0.4) is 0 Å². The van der Waals surface area contributed by atoms with E-state index < -0.39 is 5.25 Å². The molecule has 2 heterocycles. The third kappa shape index (κ3) is 4.07. The summed E-state index contributed by atoms with van der Waals surface area (Å²) >= 11 is 3.05. The maximum Gasteiger partial charge on any atom is 0.238 e. The van der Waals surface area contributed by atoms with Crippen LogP contribution in [0, 0.1) is 0 Å². The maximum absolute atomic E-state index is 12.7. The fourth-order valence-electron chi connectivity index (χ4n) is 3.04. The molecule has 2 amide bonds. The molecule has 1 aliphatic heterocycles. The number of thioether (sulfide) groups is 1. The monoisotopic (exact) mass is 394 g/mol. The van der Waals surface area contributed by atoms with Crippen LogP contribution >= 0.6 is 23.1 Å². The van der Waals surface area contributed by atoms with Crippen LogP contribution in [-0.4, -0.2) is 17.1 Å². The number of carbonyl (C=O) groups excluding carboxylic acids is 2. The summed E-state index contributed by atoms with van der Waals surface area (Å²) in [7, 11) is 0. The van der Waals surface area contributed by atoms with Gasteiger partial charge in [-0.05, 0) is 29.1 Å². The highest BCUT2D eigenvalue weighted by atomic mass is 32.2. The van der Waals surface area contributed by atoms with Crippen LogP contribution < -0.4 is 10.6 Å². The van der Waals surface area contributed by atoms with E-state index in [0.717, 1.165) is 21.0 Å². The molecule has 6 heteroatoms. The van der Waals surface area contributed by atoms with Crippen LogP contribution in [0.15, 0.2) is 77.0 Å². The number of fused-ring (bicyclic) bond motifs is 1. The minimum atomic E-state index is -0.431. The minimum absolute atomic E-state index is 0.124. The summed E-state index contributed by atoms with van der Waals surface area (Å²) < 4.78 is 0.